The summed E-state index contributed by atoms with van der Waals surface area (Å²) in [4.78, 5) is 11.4. The molecule has 108 valence electrons. The van der Waals surface area contributed by atoms with Crippen LogP contribution in [-0.4, -0.2) is 56.0 Å². The molecule has 0 aliphatic heterocycles. The van der Waals surface area contributed by atoms with Crippen LogP contribution in [0.4, 0.5) is 0 Å². The van der Waals surface area contributed by atoms with Crippen LogP contribution in [0, 0.1) is 0 Å². The van der Waals surface area contributed by atoms with Crippen molar-refractivity contribution in [2.45, 2.75) is 51.6 Å². The van der Waals surface area contributed by atoms with E-state index in [-0.39, 0.29) is 12.6 Å². The SMILES string of the molecule is CCCCCCCC(=O)OCC(O)C[N+](C)(C)C. The third-order valence-electron chi connectivity index (χ3n) is 2.68. The van der Waals surface area contributed by atoms with Gasteiger partial charge in [-0.25, -0.2) is 0 Å². The third-order valence-corrected chi connectivity index (χ3v) is 2.68. The highest BCUT2D eigenvalue weighted by Crippen LogP contribution is 2.06. The van der Waals surface area contributed by atoms with Gasteiger partial charge in [0.05, 0.1) is 21.1 Å². The highest BCUT2D eigenvalue weighted by molar-refractivity contribution is 5.69. The Morgan fingerprint density at radius 1 is 1.17 bits per heavy atom. The van der Waals surface area contributed by atoms with Gasteiger partial charge in [0.1, 0.15) is 19.3 Å². The number of aliphatic hydroxyl groups excluding tert-OH is 1. The highest BCUT2D eigenvalue weighted by atomic mass is 16.5. The van der Waals surface area contributed by atoms with Gasteiger partial charge >= 0.3 is 5.97 Å². The van der Waals surface area contributed by atoms with Gasteiger partial charge in [-0.05, 0) is 6.42 Å². The van der Waals surface area contributed by atoms with E-state index in [0.29, 0.717) is 17.4 Å². The van der Waals surface area contributed by atoms with E-state index in [0.717, 1.165) is 12.8 Å². The van der Waals surface area contributed by atoms with E-state index in [9.17, 15) is 9.90 Å². The molecule has 0 heterocycles. The number of unbranched alkanes of at least 4 members (excludes halogenated alkanes) is 4. The molecule has 1 unspecified atom stereocenters. The number of hydrogen-bond donors (Lipinski definition) is 1. The lowest BCUT2D eigenvalue weighted by Gasteiger charge is -2.26. The largest absolute Gasteiger partial charge is 0.463 e. The fourth-order valence-electron chi connectivity index (χ4n) is 1.82. The number of quaternary nitrogens is 1. The van der Waals surface area contributed by atoms with Gasteiger partial charge in [0, 0.05) is 6.42 Å². The summed E-state index contributed by atoms with van der Waals surface area (Å²) in [6, 6.07) is 0. The van der Waals surface area contributed by atoms with Crippen molar-refractivity contribution in [2.24, 2.45) is 0 Å². The lowest BCUT2D eigenvalue weighted by atomic mass is 10.1. The topological polar surface area (TPSA) is 46.5 Å². The minimum absolute atomic E-state index is 0.114. The Hall–Kier alpha value is -0.610. The Morgan fingerprint density at radius 3 is 2.33 bits per heavy atom. The number of carbonyl (C=O) groups excluding carboxylic acids is 1. The van der Waals surface area contributed by atoms with E-state index in [2.05, 4.69) is 6.92 Å². The van der Waals surface area contributed by atoms with Crippen LogP contribution in [0.25, 0.3) is 0 Å². The summed E-state index contributed by atoms with van der Waals surface area (Å²) in [5.74, 6) is -0.188. The molecule has 0 aliphatic carbocycles. The van der Waals surface area contributed by atoms with Gasteiger partial charge in [-0.2, -0.15) is 0 Å². The van der Waals surface area contributed by atoms with E-state index in [1.54, 1.807) is 0 Å². The summed E-state index contributed by atoms with van der Waals surface area (Å²) >= 11 is 0. The Labute approximate surface area is 112 Å². The van der Waals surface area contributed by atoms with E-state index < -0.39 is 6.10 Å². The minimum Gasteiger partial charge on any atom is -0.463 e. The molecule has 18 heavy (non-hydrogen) atoms. The lowest BCUT2D eigenvalue weighted by molar-refractivity contribution is -0.873. The fourth-order valence-corrected chi connectivity index (χ4v) is 1.82. The van der Waals surface area contributed by atoms with Crippen molar-refractivity contribution in [1.29, 1.82) is 0 Å². The molecule has 0 saturated heterocycles. The Kier molecular flexibility index (Phi) is 9.02. The molecule has 0 aromatic rings. The average molecular weight is 260 g/mol. The van der Waals surface area contributed by atoms with Crippen LogP contribution in [0.5, 0.6) is 0 Å². The highest BCUT2D eigenvalue weighted by Gasteiger charge is 2.16. The van der Waals surface area contributed by atoms with Crippen LogP contribution in [0.15, 0.2) is 0 Å². The van der Waals surface area contributed by atoms with Gasteiger partial charge in [-0.3, -0.25) is 4.79 Å². The molecule has 0 bridgehead atoms. The van der Waals surface area contributed by atoms with Crippen LogP contribution in [-0.2, 0) is 9.53 Å². The van der Waals surface area contributed by atoms with Gasteiger partial charge in [0.15, 0.2) is 0 Å². The Bertz CT molecular complexity index is 224. The second kappa shape index (κ2) is 9.34. The predicted octanol–water partition coefficient (Wildman–Crippen LogP) is 1.96. The van der Waals surface area contributed by atoms with Crippen LogP contribution >= 0.6 is 0 Å². The van der Waals surface area contributed by atoms with E-state index in [1.807, 2.05) is 21.1 Å². The van der Waals surface area contributed by atoms with Gasteiger partial charge in [-0.1, -0.05) is 32.6 Å². The maximum Gasteiger partial charge on any atom is 0.305 e. The first-order valence-corrected chi connectivity index (χ1v) is 6.99. The number of esters is 1. The smallest absolute Gasteiger partial charge is 0.305 e. The molecule has 0 aromatic heterocycles. The number of nitrogens with zero attached hydrogens (tertiary/aromatic N) is 1. The Balaban J connectivity index is 3.52. The lowest BCUT2D eigenvalue weighted by Crippen LogP contribution is -2.43. The van der Waals surface area contributed by atoms with Crippen LogP contribution in [0.2, 0.25) is 0 Å². The third kappa shape index (κ3) is 11.9. The molecular weight excluding hydrogens is 230 g/mol. The van der Waals surface area contributed by atoms with Crippen molar-refractivity contribution in [3.05, 3.63) is 0 Å². The second-order valence-electron chi connectivity index (χ2n) is 5.97. The number of carbonyl (C=O) groups is 1. The fraction of sp³-hybridized carbons (Fsp3) is 0.929. The number of likely N-dealkylation sites (N-methyl/N-ethyl adjacent to an activating group) is 1. The second-order valence-corrected chi connectivity index (χ2v) is 5.97. The summed E-state index contributed by atoms with van der Waals surface area (Å²) in [5.41, 5.74) is 0. The maximum atomic E-state index is 11.4. The van der Waals surface area contributed by atoms with Crippen molar-refractivity contribution in [3.63, 3.8) is 0 Å². The van der Waals surface area contributed by atoms with Gasteiger partial charge in [0.25, 0.3) is 0 Å². The zero-order valence-electron chi connectivity index (χ0n) is 12.4. The van der Waals surface area contributed by atoms with Gasteiger partial charge in [0.2, 0.25) is 0 Å². The number of aliphatic hydroxyl groups is 1. The number of hydrogen-bond acceptors (Lipinski definition) is 3. The van der Waals surface area contributed by atoms with Crippen molar-refractivity contribution < 1.29 is 19.1 Å². The molecule has 0 aliphatic rings. The molecule has 0 saturated carbocycles. The molecular formula is C14H30NO3+. The molecule has 4 nitrogen and oxygen atoms in total. The molecule has 1 atom stereocenters. The van der Waals surface area contributed by atoms with Gasteiger partial charge < -0.3 is 14.3 Å². The molecule has 0 radical (unpaired) electrons. The van der Waals surface area contributed by atoms with Crippen molar-refractivity contribution in [2.75, 3.05) is 34.3 Å². The summed E-state index contributed by atoms with van der Waals surface area (Å²) in [5, 5.41) is 9.68. The summed E-state index contributed by atoms with van der Waals surface area (Å²) in [6.07, 6.45) is 5.51. The summed E-state index contributed by atoms with van der Waals surface area (Å²) < 4.78 is 5.72. The Morgan fingerprint density at radius 2 is 1.78 bits per heavy atom. The molecule has 1 N–H and O–H groups in total. The molecule has 4 heteroatoms. The average Bonchev–Trinajstić information content (AvgIpc) is 2.24. The zero-order chi connectivity index (χ0) is 14.0. The molecule has 0 amide bonds. The molecule has 0 aromatic carbocycles. The van der Waals surface area contributed by atoms with E-state index in [4.69, 9.17) is 4.74 Å². The van der Waals surface area contributed by atoms with Crippen molar-refractivity contribution in [1.82, 2.24) is 0 Å². The van der Waals surface area contributed by atoms with Crippen molar-refractivity contribution in [3.8, 4) is 0 Å². The monoisotopic (exact) mass is 260 g/mol. The number of rotatable bonds is 10. The molecule has 0 rings (SSSR count). The van der Waals surface area contributed by atoms with Crippen molar-refractivity contribution >= 4 is 5.97 Å². The first-order valence-electron chi connectivity index (χ1n) is 6.99. The number of ether oxygens (including phenoxy) is 1. The van der Waals surface area contributed by atoms with E-state index in [1.165, 1.54) is 19.3 Å². The maximum absolute atomic E-state index is 11.4. The quantitative estimate of drug-likeness (QED) is 0.371. The summed E-state index contributed by atoms with van der Waals surface area (Å²) in [7, 11) is 6.00. The zero-order valence-corrected chi connectivity index (χ0v) is 12.4. The molecule has 0 fully saturated rings. The normalized spacial score (nSPS) is 13.4. The van der Waals surface area contributed by atoms with E-state index >= 15 is 0 Å². The standard InChI is InChI=1S/C14H30NO3/c1-5-6-7-8-9-10-14(17)18-12-13(16)11-15(2,3)4/h13,16H,5-12H2,1-4H3/q+1. The predicted molar refractivity (Wildman–Crippen MR) is 73.2 cm³/mol. The molecule has 0 spiro atoms. The van der Waals surface area contributed by atoms with Gasteiger partial charge in [-0.15, -0.1) is 0 Å². The minimum atomic E-state index is -0.575. The van der Waals surface area contributed by atoms with Crippen LogP contribution in [0.1, 0.15) is 45.4 Å². The van der Waals surface area contributed by atoms with Crippen LogP contribution < -0.4 is 0 Å². The summed E-state index contributed by atoms with van der Waals surface area (Å²) in [6.45, 7) is 2.87. The van der Waals surface area contributed by atoms with Crippen LogP contribution in [0.3, 0.4) is 0 Å². The first-order chi connectivity index (χ1) is 8.35. The first kappa shape index (κ1) is 17.4.